The van der Waals surface area contributed by atoms with Gasteiger partial charge in [0.25, 0.3) is 0 Å². The molecule has 42 valence electrons. The summed E-state index contributed by atoms with van der Waals surface area (Å²) < 4.78 is 0. The molecule has 0 radical (unpaired) electrons. The summed E-state index contributed by atoms with van der Waals surface area (Å²) in [5, 5.41) is 0.417. The van der Waals surface area contributed by atoms with E-state index in [4.69, 9.17) is 0 Å². The Kier molecular flexibility index (Phi) is 3.00. The lowest BCUT2D eigenvalue weighted by Crippen LogP contribution is -2.22. The molecule has 0 rings (SSSR count). The van der Waals surface area contributed by atoms with Gasteiger partial charge in [0.2, 0.25) is 5.91 Å². The summed E-state index contributed by atoms with van der Waals surface area (Å²) in [7, 11) is 3.45. The zero-order valence-corrected chi connectivity index (χ0v) is 6.03. The van der Waals surface area contributed by atoms with Gasteiger partial charge in [-0.3, -0.25) is 4.79 Å². The van der Waals surface area contributed by atoms with E-state index < -0.39 is 0 Å². The smallest absolute Gasteiger partial charge is 0.232 e. The van der Waals surface area contributed by atoms with E-state index in [1.54, 1.807) is 14.1 Å². The third-order valence-electron chi connectivity index (χ3n) is 0.613. The molecular formula is C4H8BrNO. The molecular weight excluding hydrogens is 160 g/mol. The summed E-state index contributed by atoms with van der Waals surface area (Å²) in [4.78, 5) is 11.9. The van der Waals surface area contributed by atoms with Crippen LogP contribution in [0.4, 0.5) is 0 Å². The quantitative estimate of drug-likeness (QED) is 0.411. The van der Waals surface area contributed by atoms with Gasteiger partial charge in [0.15, 0.2) is 0 Å². The maximum atomic E-state index is 10.4. The Bertz CT molecular complexity index is 72.1. The number of alkyl halides is 1. The average Bonchev–Trinajstić information content (AvgIpc) is 1.65. The predicted molar refractivity (Wildman–Crippen MR) is 32.5 cm³/mol. The summed E-state index contributed by atoms with van der Waals surface area (Å²) in [5.74, 6) is 0.0972. The first-order valence-corrected chi connectivity index (χ1v) is 3.06. The average molecular weight is 168 g/mol. The van der Waals surface area contributed by atoms with Crippen molar-refractivity contribution >= 4 is 21.8 Å². The number of hydrogen-bond donors (Lipinski definition) is 0. The van der Waals surface area contributed by atoms with Gasteiger partial charge in [0.1, 0.15) is 0 Å². The normalized spacial score (nSPS) is 8.43. The molecule has 0 aliphatic carbocycles. The van der Waals surface area contributed by atoms with E-state index in [9.17, 15) is 4.79 Å². The molecule has 0 N–H and O–H groups in total. The Hall–Kier alpha value is -0.0500. The van der Waals surface area contributed by atoms with Crippen molar-refractivity contribution in [1.82, 2.24) is 4.90 Å². The van der Waals surface area contributed by atoms with E-state index in [-0.39, 0.29) is 5.91 Å². The Morgan fingerprint density at radius 1 is 1.71 bits per heavy atom. The number of carbonyl (C=O) groups excluding carboxylic acids is 1. The molecule has 0 fully saturated rings. The first kappa shape index (κ1) is 6.95. The number of halogens is 1. The molecule has 1 amide bonds. The Morgan fingerprint density at radius 3 is 2.14 bits per heavy atom. The molecule has 0 aromatic carbocycles. The van der Waals surface area contributed by atoms with Crippen molar-refractivity contribution < 1.29 is 4.79 Å². The van der Waals surface area contributed by atoms with Crippen LogP contribution in [-0.4, -0.2) is 30.2 Å². The van der Waals surface area contributed by atoms with Crippen molar-refractivity contribution in [1.29, 1.82) is 0 Å². The minimum atomic E-state index is 0.0972. The molecule has 0 heterocycles. The topological polar surface area (TPSA) is 20.3 Å². The van der Waals surface area contributed by atoms with E-state index in [0.29, 0.717) is 5.33 Å². The summed E-state index contributed by atoms with van der Waals surface area (Å²) >= 11 is 3.02. The summed E-state index contributed by atoms with van der Waals surface area (Å²) in [5.41, 5.74) is 0. The van der Waals surface area contributed by atoms with Crippen LogP contribution in [0.5, 0.6) is 0 Å². The van der Waals surface area contributed by atoms with Crippen LogP contribution in [0.25, 0.3) is 0 Å². The first-order valence-electron chi connectivity index (χ1n) is 1.94. The van der Waals surface area contributed by atoms with Crippen molar-refractivity contribution in [2.45, 2.75) is 0 Å². The van der Waals surface area contributed by atoms with Gasteiger partial charge >= 0.3 is 0 Å². The fourth-order valence-corrected chi connectivity index (χ4v) is 0.621. The molecule has 0 unspecified atom stereocenters. The lowest BCUT2D eigenvalue weighted by molar-refractivity contribution is -0.125. The lowest BCUT2D eigenvalue weighted by atomic mass is 10.7. The highest BCUT2D eigenvalue weighted by molar-refractivity contribution is 9.09. The van der Waals surface area contributed by atoms with Crippen molar-refractivity contribution in [2.24, 2.45) is 0 Å². The molecule has 0 atom stereocenters. The maximum absolute atomic E-state index is 10.4. The fraction of sp³-hybridized carbons (Fsp3) is 0.750. The van der Waals surface area contributed by atoms with Crippen LogP contribution in [0.3, 0.4) is 0 Å². The number of amides is 1. The summed E-state index contributed by atoms with van der Waals surface area (Å²) in [6.07, 6.45) is 0. The minimum absolute atomic E-state index is 0.0972. The van der Waals surface area contributed by atoms with Gasteiger partial charge in [0.05, 0.1) is 5.33 Å². The van der Waals surface area contributed by atoms with E-state index in [2.05, 4.69) is 15.9 Å². The fourth-order valence-electron chi connectivity index (χ4n) is 0.120. The second kappa shape index (κ2) is 3.02. The van der Waals surface area contributed by atoms with Gasteiger partial charge in [0, 0.05) is 14.1 Å². The van der Waals surface area contributed by atoms with Crippen molar-refractivity contribution in [2.75, 3.05) is 19.4 Å². The van der Waals surface area contributed by atoms with Crippen LogP contribution >= 0.6 is 15.9 Å². The maximum Gasteiger partial charge on any atom is 0.232 e. The van der Waals surface area contributed by atoms with Crippen molar-refractivity contribution in [3.05, 3.63) is 0 Å². The van der Waals surface area contributed by atoms with Gasteiger partial charge in [-0.15, -0.1) is 0 Å². The standard InChI is InChI=1S/C4H8BrNO/c1-6(2)4(7)3-5/h3H2,1-2H3/i1+1,2+1. The van der Waals surface area contributed by atoms with Crippen molar-refractivity contribution in [3.63, 3.8) is 0 Å². The van der Waals surface area contributed by atoms with E-state index in [1.807, 2.05) is 0 Å². The molecule has 0 bridgehead atoms. The molecule has 0 aliphatic rings. The Balaban J connectivity index is 3.35. The van der Waals surface area contributed by atoms with E-state index in [1.165, 1.54) is 4.90 Å². The van der Waals surface area contributed by atoms with Gasteiger partial charge in [-0.1, -0.05) is 15.9 Å². The number of nitrogens with zero attached hydrogens (tertiary/aromatic N) is 1. The first-order chi connectivity index (χ1) is 3.18. The number of hydrogen-bond acceptors (Lipinski definition) is 1. The van der Waals surface area contributed by atoms with Crippen molar-refractivity contribution in [3.8, 4) is 0 Å². The highest BCUT2D eigenvalue weighted by atomic mass is 79.9. The van der Waals surface area contributed by atoms with Gasteiger partial charge in [-0.05, 0) is 0 Å². The third-order valence-corrected chi connectivity index (χ3v) is 1.09. The molecule has 0 saturated heterocycles. The third kappa shape index (κ3) is 2.62. The highest BCUT2D eigenvalue weighted by Gasteiger charge is 1.96. The van der Waals surface area contributed by atoms with Gasteiger partial charge in [-0.25, -0.2) is 0 Å². The molecule has 2 nitrogen and oxygen atoms in total. The zero-order chi connectivity index (χ0) is 5.86. The molecule has 7 heavy (non-hydrogen) atoms. The molecule has 3 heteroatoms. The number of rotatable bonds is 1. The summed E-state index contributed by atoms with van der Waals surface area (Å²) in [6.45, 7) is 0. The molecule has 0 aromatic heterocycles. The van der Waals surface area contributed by atoms with Crippen LogP contribution < -0.4 is 0 Å². The molecule has 0 aromatic rings. The molecule has 0 spiro atoms. The lowest BCUT2D eigenvalue weighted by Gasteiger charge is -2.05. The van der Waals surface area contributed by atoms with Crippen LogP contribution in [0.15, 0.2) is 0 Å². The van der Waals surface area contributed by atoms with Crippen LogP contribution in [0, 0.1) is 0 Å². The molecule has 0 saturated carbocycles. The van der Waals surface area contributed by atoms with Gasteiger partial charge < -0.3 is 4.90 Å². The second-order valence-electron chi connectivity index (χ2n) is 1.42. The van der Waals surface area contributed by atoms with E-state index >= 15 is 0 Å². The Morgan fingerprint density at radius 2 is 2.14 bits per heavy atom. The summed E-state index contributed by atoms with van der Waals surface area (Å²) in [6, 6.07) is 0. The predicted octanol–water partition coefficient (Wildman–Crippen LogP) is 0.469. The zero-order valence-electron chi connectivity index (χ0n) is 4.44. The minimum Gasteiger partial charge on any atom is -0.348 e. The van der Waals surface area contributed by atoms with Crippen LogP contribution in [0.2, 0.25) is 0 Å². The Labute approximate surface area is 51.6 Å². The highest BCUT2D eigenvalue weighted by Crippen LogP contribution is 1.83. The SMILES string of the molecule is [13CH3]N([13CH3])C(=O)CBr. The molecule has 0 aliphatic heterocycles. The second-order valence-corrected chi connectivity index (χ2v) is 1.98. The van der Waals surface area contributed by atoms with E-state index in [0.717, 1.165) is 0 Å². The van der Waals surface area contributed by atoms with Gasteiger partial charge in [-0.2, -0.15) is 0 Å². The van der Waals surface area contributed by atoms with Crippen LogP contribution in [0.1, 0.15) is 0 Å². The monoisotopic (exact) mass is 167 g/mol. The van der Waals surface area contributed by atoms with Crippen LogP contribution in [-0.2, 0) is 4.79 Å². The largest absolute Gasteiger partial charge is 0.348 e. The number of carbonyl (C=O) groups is 1.